The van der Waals surface area contributed by atoms with Crippen LogP contribution in [0, 0.1) is 6.92 Å². The maximum Gasteiger partial charge on any atom is 0.291 e. The van der Waals surface area contributed by atoms with E-state index in [1.165, 1.54) is 12.1 Å². The summed E-state index contributed by atoms with van der Waals surface area (Å²) < 4.78 is 28.8. The Morgan fingerprint density at radius 3 is 2.52 bits per heavy atom. The van der Waals surface area contributed by atoms with Crippen molar-refractivity contribution in [3.05, 3.63) is 59.9 Å². The summed E-state index contributed by atoms with van der Waals surface area (Å²) >= 11 is 0. The number of furan rings is 1. The van der Waals surface area contributed by atoms with Crippen molar-refractivity contribution in [1.29, 1.82) is 0 Å². The van der Waals surface area contributed by atoms with Gasteiger partial charge in [0.05, 0.1) is 4.90 Å². The molecule has 1 aromatic heterocycles. The lowest BCUT2D eigenvalue weighted by Crippen LogP contribution is -2.12. The van der Waals surface area contributed by atoms with Crippen LogP contribution < -0.4 is 5.32 Å². The molecule has 0 saturated heterocycles. The van der Waals surface area contributed by atoms with Gasteiger partial charge in [0.25, 0.3) is 5.91 Å². The molecule has 1 heterocycles. The number of fused-ring (bicyclic) bond motifs is 1. The number of nitrogens with one attached hydrogen (secondary N) is 1. The van der Waals surface area contributed by atoms with Gasteiger partial charge in [0.2, 0.25) is 0 Å². The molecule has 0 aliphatic rings. The molecule has 0 aliphatic carbocycles. The number of sulfone groups is 1. The quantitative estimate of drug-likeness (QED) is 0.799. The number of rotatable bonds is 3. The van der Waals surface area contributed by atoms with Gasteiger partial charge in [-0.1, -0.05) is 24.3 Å². The predicted octanol–water partition coefficient (Wildman–Crippen LogP) is 3.40. The van der Waals surface area contributed by atoms with E-state index in [0.717, 1.165) is 17.2 Å². The van der Waals surface area contributed by atoms with Crippen molar-refractivity contribution < 1.29 is 17.6 Å². The Balaban J connectivity index is 1.94. The minimum absolute atomic E-state index is 0.150. The second kappa shape index (κ2) is 5.55. The first-order chi connectivity index (χ1) is 10.9. The molecule has 3 rings (SSSR count). The van der Waals surface area contributed by atoms with Crippen LogP contribution in [0.5, 0.6) is 0 Å². The molecule has 1 amide bonds. The summed E-state index contributed by atoms with van der Waals surface area (Å²) in [5, 5.41) is 3.55. The van der Waals surface area contributed by atoms with Crippen LogP contribution >= 0.6 is 0 Å². The molecule has 118 valence electrons. The average molecular weight is 329 g/mol. The fraction of sp³-hybridized carbons (Fsp3) is 0.118. The lowest BCUT2D eigenvalue weighted by Gasteiger charge is -2.05. The van der Waals surface area contributed by atoms with Crippen LogP contribution in [0.1, 0.15) is 16.1 Å². The molecule has 1 N–H and O–H groups in total. The highest BCUT2D eigenvalue weighted by Crippen LogP contribution is 2.26. The van der Waals surface area contributed by atoms with E-state index in [1.54, 1.807) is 18.2 Å². The Bertz CT molecular complexity index is 1000. The second-order valence-corrected chi connectivity index (χ2v) is 7.32. The molecule has 0 radical (unpaired) electrons. The molecule has 0 aliphatic heterocycles. The van der Waals surface area contributed by atoms with Gasteiger partial charge < -0.3 is 9.73 Å². The number of benzene rings is 2. The highest BCUT2D eigenvalue weighted by Gasteiger charge is 2.18. The molecular weight excluding hydrogens is 314 g/mol. The van der Waals surface area contributed by atoms with Gasteiger partial charge >= 0.3 is 0 Å². The fourth-order valence-electron chi connectivity index (χ4n) is 2.38. The first-order valence-electron chi connectivity index (χ1n) is 6.96. The van der Waals surface area contributed by atoms with E-state index < -0.39 is 15.7 Å². The van der Waals surface area contributed by atoms with Crippen molar-refractivity contribution in [2.24, 2.45) is 0 Å². The Hall–Kier alpha value is -2.60. The number of carbonyl (C=O) groups excluding carboxylic acids is 1. The summed E-state index contributed by atoms with van der Waals surface area (Å²) in [6.07, 6.45) is 1.12. The summed E-state index contributed by atoms with van der Waals surface area (Å²) in [5.41, 5.74) is 1.79. The van der Waals surface area contributed by atoms with Gasteiger partial charge in [0.1, 0.15) is 5.58 Å². The molecule has 3 aromatic rings. The lowest BCUT2D eigenvalue weighted by molar-refractivity contribution is 0.0998. The summed E-state index contributed by atoms with van der Waals surface area (Å²) in [6.45, 7) is 1.81. The maximum absolute atomic E-state index is 12.4. The molecule has 0 spiro atoms. The van der Waals surface area contributed by atoms with Crippen molar-refractivity contribution in [1.82, 2.24) is 0 Å². The van der Waals surface area contributed by atoms with Crippen LogP contribution in [0.4, 0.5) is 5.69 Å². The molecule has 0 unspecified atom stereocenters. The van der Waals surface area contributed by atoms with E-state index in [1.807, 2.05) is 25.1 Å². The monoisotopic (exact) mass is 329 g/mol. The number of amides is 1. The lowest BCUT2D eigenvalue weighted by atomic mass is 10.1. The Kier molecular flexibility index (Phi) is 3.69. The van der Waals surface area contributed by atoms with Crippen LogP contribution in [-0.2, 0) is 9.84 Å². The van der Waals surface area contributed by atoms with Crippen LogP contribution in [0.15, 0.2) is 57.8 Å². The zero-order valence-corrected chi connectivity index (χ0v) is 13.5. The normalized spacial score (nSPS) is 11.6. The van der Waals surface area contributed by atoms with Crippen molar-refractivity contribution >= 4 is 32.4 Å². The SMILES string of the molecule is Cc1c(C(=O)Nc2cccc(S(C)(=O)=O)c2)oc2ccccc12. The second-order valence-electron chi connectivity index (χ2n) is 5.31. The van der Waals surface area contributed by atoms with Crippen molar-refractivity contribution in [3.63, 3.8) is 0 Å². The standard InChI is InChI=1S/C17H15NO4S/c1-11-14-8-3-4-9-15(14)22-16(11)17(19)18-12-6-5-7-13(10-12)23(2,20)21/h3-10H,1-2H3,(H,18,19). The number of anilines is 1. The van der Waals surface area contributed by atoms with Gasteiger partial charge in [-0.05, 0) is 31.2 Å². The van der Waals surface area contributed by atoms with E-state index in [9.17, 15) is 13.2 Å². The highest BCUT2D eigenvalue weighted by molar-refractivity contribution is 7.90. The number of hydrogen-bond donors (Lipinski definition) is 1. The third-order valence-electron chi connectivity index (χ3n) is 3.57. The molecule has 6 heteroatoms. The summed E-state index contributed by atoms with van der Waals surface area (Å²) in [6, 6.07) is 13.5. The molecule has 2 aromatic carbocycles. The van der Waals surface area contributed by atoms with Crippen molar-refractivity contribution in [3.8, 4) is 0 Å². The summed E-state index contributed by atoms with van der Waals surface area (Å²) in [4.78, 5) is 12.6. The Morgan fingerprint density at radius 2 is 1.83 bits per heavy atom. The largest absolute Gasteiger partial charge is 0.451 e. The third kappa shape index (κ3) is 2.98. The third-order valence-corrected chi connectivity index (χ3v) is 4.68. The first-order valence-corrected chi connectivity index (χ1v) is 8.85. The molecule has 5 nitrogen and oxygen atoms in total. The smallest absolute Gasteiger partial charge is 0.291 e. The van der Waals surface area contributed by atoms with E-state index in [2.05, 4.69) is 5.32 Å². The van der Waals surface area contributed by atoms with Crippen molar-refractivity contribution in [2.75, 3.05) is 11.6 Å². The van der Waals surface area contributed by atoms with E-state index in [-0.39, 0.29) is 10.7 Å². The van der Waals surface area contributed by atoms with E-state index in [4.69, 9.17) is 4.42 Å². The molecule has 0 bridgehead atoms. The van der Waals surface area contributed by atoms with Gasteiger partial charge in [-0.3, -0.25) is 4.79 Å². The molecule has 0 saturated carbocycles. The van der Waals surface area contributed by atoms with Crippen molar-refractivity contribution in [2.45, 2.75) is 11.8 Å². The van der Waals surface area contributed by atoms with Crippen LogP contribution in [0.2, 0.25) is 0 Å². The molecular formula is C17H15NO4S. The highest BCUT2D eigenvalue weighted by atomic mass is 32.2. The van der Waals surface area contributed by atoms with Crippen LogP contribution in [0.3, 0.4) is 0 Å². The molecule has 23 heavy (non-hydrogen) atoms. The average Bonchev–Trinajstić information content (AvgIpc) is 2.84. The molecule has 0 atom stereocenters. The first kappa shape index (κ1) is 15.3. The predicted molar refractivity (Wildman–Crippen MR) is 88.5 cm³/mol. The van der Waals surface area contributed by atoms with Gasteiger partial charge in [0, 0.05) is 22.9 Å². The molecule has 0 fully saturated rings. The summed E-state index contributed by atoms with van der Waals surface area (Å²) in [7, 11) is -3.33. The number of para-hydroxylation sites is 1. The zero-order valence-electron chi connectivity index (χ0n) is 12.7. The number of carbonyl (C=O) groups is 1. The van der Waals surface area contributed by atoms with Gasteiger partial charge in [-0.2, -0.15) is 0 Å². The topological polar surface area (TPSA) is 76.4 Å². The van der Waals surface area contributed by atoms with Crippen LogP contribution in [-0.4, -0.2) is 20.6 Å². The summed E-state index contributed by atoms with van der Waals surface area (Å²) in [5.74, 6) is -0.194. The Labute approximate surface area is 133 Å². The Morgan fingerprint density at radius 1 is 1.09 bits per heavy atom. The van der Waals surface area contributed by atoms with Gasteiger partial charge in [-0.25, -0.2) is 8.42 Å². The van der Waals surface area contributed by atoms with Gasteiger partial charge in [-0.15, -0.1) is 0 Å². The number of aryl methyl sites for hydroxylation is 1. The zero-order chi connectivity index (χ0) is 16.6. The number of hydrogen-bond acceptors (Lipinski definition) is 4. The van der Waals surface area contributed by atoms with Crippen LogP contribution in [0.25, 0.3) is 11.0 Å². The van der Waals surface area contributed by atoms with E-state index >= 15 is 0 Å². The maximum atomic E-state index is 12.4. The van der Waals surface area contributed by atoms with Gasteiger partial charge in [0.15, 0.2) is 15.6 Å². The minimum Gasteiger partial charge on any atom is -0.451 e. The minimum atomic E-state index is -3.33. The fourth-order valence-corrected chi connectivity index (χ4v) is 3.05. The van der Waals surface area contributed by atoms with E-state index in [0.29, 0.717) is 11.3 Å².